The van der Waals surface area contributed by atoms with Gasteiger partial charge in [0.1, 0.15) is 4.83 Å². The second-order valence-electron chi connectivity index (χ2n) is 5.50. The van der Waals surface area contributed by atoms with E-state index in [1.54, 1.807) is 17.7 Å². The molecule has 2 N–H and O–H groups in total. The number of aromatic nitrogens is 2. The fraction of sp³-hybridized carbons (Fsp3) is 0.571. The Bertz CT molecular complexity index is 688. The van der Waals surface area contributed by atoms with Crippen LogP contribution < -0.4 is 10.9 Å². The second-order valence-corrected chi connectivity index (χ2v) is 6.71. The summed E-state index contributed by atoms with van der Waals surface area (Å²) in [5.74, 6) is 0. The molecule has 5 nitrogen and oxygen atoms in total. The van der Waals surface area contributed by atoms with Crippen molar-refractivity contribution in [2.45, 2.75) is 45.4 Å². The second kappa shape index (κ2) is 5.27. The maximum absolute atomic E-state index is 12.4. The van der Waals surface area contributed by atoms with Crippen molar-refractivity contribution in [2.75, 3.05) is 6.54 Å². The molecule has 108 valence electrons. The summed E-state index contributed by atoms with van der Waals surface area (Å²) in [4.78, 5) is 18.7. The Balaban J connectivity index is 1.82. The molecule has 0 bridgehead atoms. The van der Waals surface area contributed by atoms with Crippen LogP contribution in [0.2, 0.25) is 0 Å². The molecule has 1 aliphatic carbocycles. The molecule has 1 unspecified atom stereocenters. The SMILES string of the molecule is Cc1sc2ncn(CC(O)CNC3CC3)c(=O)c2c1C. The number of aliphatic hydroxyl groups is 1. The maximum Gasteiger partial charge on any atom is 0.262 e. The van der Waals surface area contributed by atoms with E-state index in [9.17, 15) is 9.90 Å². The minimum atomic E-state index is -0.562. The summed E-state index contributed by atoms with van der Waals surface area (Å²) in [5.41, 5.74) is 0.949. The van der Waals surface area contributed by atoms with Gasteiger partial charge in [-0.15, -0.1) is 11.3 Å². The number of aliphatic hydroxyl groups excluding tert-OH is 1. The molecule has 1 saturated carbocycles. The van der Waals surface area contributed by atoms with Crippen LogP contribution in [0.3, 0.4) is 0 Å². The molecule has 0 radical (unpaired) electrons. The lowest BCUT2D eigenvalue weighted by molar-refractivity contribution is 0.149. The van der Waals surface area contributed by atoms with Gasteiger partial charge >= 0.3 is 0 Å². The maximum atomic E-state index is 12.4. The number of rotatable bonds is 5. The normalized spacial score (nSPS) is 16.8. The molecule has 20 heavy (non-hydrogen) atoms. The van der Waals surface area contributed by atoms with E-state index in [1.807, 2.05) is 13.8 Å². The van der Waals surface area contributed by atoms with Crippen molar-refractivity contribution in [1.29, 1.82) is 0 Å². The lowest BCUT2D eigenvalue weighted by Gasteiger charge is -2.13. The van der Waals surface area contributed by atoms with Gasteiger partial charge in [0.05, 0.1) is 24.4 Å². The van der Waals surface area contributed by atoms with E-state index < -0.39 is 6.10 Å². The highest BCUT2D eigenvalue weighted by Gasteiger charge is 2.21. The Morgan fingerprint density at radius 3 is 3.00 bits per heavy atom. The fourth-order valence-corrected chi connectivity index (χ4v) is 3.27. The van der Waals surface area contributed by atoms with E-state index in [0.29, 0.717) is 18.0 Å². The average Bonchev–Trinajstić information content (AvgIpc) is 3.19. The summed E-state index contributed by atoms with van der Waals surface area (Å²) in [7, 11) is 0. The first-order chi connectivity index (χ1) is 9.56. The van der Waals surface area contributed by atoms with Crippen LogP contribution in [0.5, 0.6) is 0 Å². The van der Waals surface area contributed by atoms with Crippen LogP contribution in [-0.4, -0.2) is 33.3 Å². The van der Waals surface area contributed by atoms with Gasteiger partial charge in [-0.2, -0.15) is 0 Å². The number of hydrogen-bond donors (Lipinski definition) is 2. The van der Waals surface area contributed by atoms with Gasteiger partial charge in [0.15, 0.2) is 0 Å². The summed E-state index contributed by atoms with van der Waals surface area (Å²) in [6.07, 6.45) is 3.36. The Labute approximate surface area is 121 Å². The molecule has 0 spiro atoms. The zero-order valence-electron chi connectivity index (χ0n) is 11.7. The average molecular weight is 293 g/mol. The Morgan fingerprint density at radius 2 is 2.30 bits per heavy atom. The van der Waals surface area contributed by atoms with Crippen molar-refractivity contribution in [1.82, 2.24) is 14.9 Å². The lowest BCUT2D eigenvalue weighted by atomic mass is 10.2. The topological polar surface area (TPSA) is 67.2 Å². The van der Waals surface area contributed by atoms with Gasteiger partial charge in [-0.3, -0.25) is 9.36 Å². The van der Waals surface area contributed by atoms with Gasteiger partial charge < -0.3 is 10.4 Å². The first-order valence-corrected chi connectivity index (χ1v) is 7.74. The highest BCUT2D eigenvalue weighted by atomic mass is 32.1. The monoisotopic (exact) mass is 293 g/mol. The van der Waals surface area contributed by atoms with Gasteiger partial charge in [-0.1, -0.05) is 0 Å². The Hall–Kier alpha value is -1.24. The molecular formula is C14H19N3O2S. The van der Waals surface area contributed by atoms with Crippen molar-refractivity contribution in [3.05, 3.63) is 27.1 Å². The number of nitrogens with zero attached hydrogens (tertiary/aromatic N) is 2. The Kier molecular flexibility index (Phi) is 3.62. The minimum Gasteiger partial charge on any atom is -0.390 e. The largest absolute Gasteiger partial charge is 0.390 e. The summed E-state index contributed by atoms with van der Waals surface area (Å²) < 4.78 is 1.51. The number of thiophene rings is 1. The standard InChI is InChI=1S/C14H19N3O2S/c1-8-9(2)20-13-12(8)14(19)17(7-16-13)6-11(18)5-15-10-3-4-10/h7,10-11,15,18H,3-6H2,1-2H3. The molecule has 0 amide bonds. The molecule has 3 rings (SSSR count). The zero-order chi connectivity index (χ0) is 14.3. The highest BCUT2D eigenvalue weighted by molar-refractivity contribution is 7.18. The quantitative estimate of drug-likeness (QED) is 0.869. The number of nitrogens with one attached hydrogen (secondary N) is 1. The first kappa shape index (κ1) is 13.7. The molecular weight excluding hydrogens is 274 g/mol. The molecule has 0 aromatic carbocycles. The molecule has 1 fully saturated rings. The third kappa shape index (κ3) is 2.63. The minimum absolute atomic E-state index is 0.0534. The van der Waals surface area contributed by atoms with Gasteiger partial charge in [-0.05, 0) is 32.3 Å². The third-order valence-corrected chi connectivity index (χ3v) is 4.90. The van der Waals surface area contributed by atoms with Crippen LogP contribution in [0.1, 0.15) is 23.3 Å². The van der Waals surface area contributed by atoms with Crippen molar-refractivity contribution < 1.29 is 5.11 Å². The van der Waals surface area contributed by atoms with E-state index in [2.05, 4.69) is 10.3 Å². The van der Waals surface area contributed by atoms with E-state index in [-0.39, 0.29) is 12.1 Å². The zero-order valence-corrected chi connectivity index (χ0v) is 12.5. The summed E-state index contributed by atoms with van der Waals surface area (Å²) >= 11 is 1.54. The van der Waals surface area contributed by atoms with Gasteiger partial charge in [0.25, 0.3) is 5.56 Å². The number of hydrogen-bond acceptors (Lipinski definition) is 5. The Morgan fingerprint density at radius 1 is 1.55 bits per heavy atom. The van der Waals surface area contributed by atoms with Crippen LogP contribution in [0.25, 0.3) is 10.2 Å². The van der Waals surface area contributed by atoms with Crippen molar-refractivity contribution in [3.63, 3.8) is 0 Å². The van der Waals surface area contributed by atoms with Crippen molar-refractivity contribution in [2.24, 2.45) is 0 Å². The van der Waals surface area contributed by atoms with Crippen LogP contribution in [0, 0.1) is 13.8 Å². The molecule has 2 heterocycles. The van der Waals surface area contributed by atoms with Crippen LogP contribution in [0.4, 0.5) is 0 Å². The summed E-state index contributed by atoms with van der Waals surface area (Å²) in [6, 6.07) is 0.559. The van der Waals surface area contributed by atoms with Gasteiger partial charge in [0, 0.05) is 17.5 Å². The van der Waals surface area contributed by atoms with E-state index in [0.717, 1.165) is 15.3 Å². The predicted molar refractivity (Wildman–Crippen MR) is 80.4 cm³/mol. The first-order valence-electron chi connectivity index (χ1n) is 6.93. The molecule has 2 aromatic rings. The van der Waals surface area contributed by atoms with Gasteiger partial charge in [-0.25, -0.2) is 4.98 Å². The smallest absolute Gasteiger partial charge is 0.262 e. The number of aryl methyl sites for hydroxylation is 2. The molecule has 2 aromatic heterocycles. The van der Waals surface area contributed by atoms with Gasteiger partial charge in [0.2, 0.25) is 0 Å². The molecule has 0 saturated heterocycles. The predicted octanol–water partition coefficient (Wildman–Crippen LogP) is 1.19. The van der Waals surface area contributed by atoms with Crippen molar-refractivity contribution >= 4 is 21.6 Å². The lowest BCUT2D eigenvalue weighted by Crippen LogP contribution is -2.34. The molecule has 1 aliphatic rings. The summed E-state index contributed by atoms with van der Waals surface area (Å²) in [6.45, 7) is 4.76. The van der Waals surface area contributed by atoms with E-state index >= 15 is 0 Å². The number of fused-ring (bicyclic) bond motifs is 1. The molecule has 1 atom stereocenters. The molecule has 6 heteroatoms. The van der Waals surface area contributed by atoms with E-state index in [4.69, 9.17) is 0 Å². The molecule has 0 aliphatic heterocycles. The third-order valence-electron chi connectivity index (χ3n) is 3.78. The van der Waals surface area contributed by atoms with Crippen LogP contribution >= 0.6 is 11.3 Å². The fourth-order valence-electron chi connectivity index (χ4n) is 2.28. The van der Waals surface area contributed by atoms with E-state index in [1.165, 1.54) is 17.4 Å². The highest BCUT2D eigenvalue weighted by Crippen LogP contribution is 2.25. The summed E-state index contributed by atoms with van der Waals surface area (Å²) in [5, 5.41) is 14.0. The van der Waals surface area contributed by atoms with Crippen LogP contribution in [-0.2, 0) is 6.54 Å². The van der Waals surface area contributed by atoms with Crippen LogP contribution in [0.15, 0.2) is 11.1 Å². The van der Waals surface area contributed by atoms with Crippen molar-refractivity contribution in [3.8, 4) is 0 Å².